The molecule has 5 nitrogen and oxygen atoms in total. The third kappa shape index (κ3) is 3.78. The van der Waals surface area contributed by atoms with Crippen LogP contribution in [0.2, 0.25) is 18.1 Å². The molecule has 0 saturated carbocycles. The minimum atomic E-state index is -2.16. The molecule has 140 valence electrons. The molecule has 2 rings (SSSR count). The van der Waals surface area contributed by atoms with Crippen LogP contribution in [0.15, 0.2) is 27.4 Å². The van der Waals surface area contributed by atoms with Gasteiger partial charge in [0.2, 0.25) is 0 Å². The Bertz CT molecular complexity index is 903. The molecule has 0 amide bonds. The molecule has 0 aliphatic rings. The van der Waals surface area contributed by atoms with Crippen molar-refractivity contribution in [2.75, 3.05) is 7.11 Å². The first kappa shape index (κ1) is 20.1. The maximum Gasteiger partial charge on any atom is 0.347 e. The summed E-state index contributed by atoms with van der Waals surface area (Å²) in [5, 5.41) is 10.3. The zero-order valence-corrected chi connectivity index (χ0v) is 17.6. The molecular weight excluding hydrogens is 346 g/mol. The van der Waals surface area contributed by atoms with E-state index in [-0.39, 0.29) is 5.04 Å². The Morgan fingerprint density at radius 3 is 2.42 bits per heavy atom. The summed E-state index contributed by atoms with van der Waals surface area (Å²) in [5.74, 6) is 1.01. The first-order chi connectivity index (χ1) is 12.0. The Morgan fingerprint density at radius 2 is 1.92 bits per heavy atom. The zero-order valence-electron chi connectivity index (χ0n) is 16.6. The third-order valence-corrected chi connectivity index (χ3v) is 9.48. The molecule has 1 unspecified atom stereocenters. The highest BCUT2D eigenvalue weighted by Crippen LogP contribution is 2.40. The van der Waals surface area contributed by atoms with Crippen LogP contribution in [0.1, 0.15) is 45.8 Å². The van der Waals surface area contributed by atoms with Gasteiger partial charge in [-0.2, -0.15) is 5.26 Å². The molecule has 1 atom stereocenters. The van der Waals surface area contributed by atoms with Crippen LogP contribution in [-0.4, -0.2) is 15.4 Å². The second-order valence-electron chi connectivity index (χ2n) is 7.98. The molecule has 0 aliphatic heterocycles. The summed E-state index contributed by atoms with van der Waals surface area (Å²) in [6.45, 7) is 12.5. The van der Waals surface area contributed by atoms with Gasteiger partial charge < -0.3 is 13.6 Å². The van der Waals surface area contributed by atoms with E-state index in [4.69, 9.17) is 13.6 Å². The van der Waals surface area contributed by atoms with Gasteiger partial charge in [0.15, 0.2) is 0 Å². The van der Waals surface area contributed by atoms with E-state index in [0.29, 0.717) is 34.5 Å². The maximum atomic E-state index is 12.7. The highest BCUT2D eigenvalue weighted by Gasteiger charge is 2.39. The summed E-state index contributed by atoms with van der Waals surface area (Å²) in [5.41, 5.74) is -0.484. The Hall–Kier alpha value is -2.26. The molecule has 0 aliphatic carbocycles. The number of methoxy groups -OCH3 is 1. The summed E-state index contributed by atoms with van der Waals surface area (Å²) < 4.78 is 17.2. The van der Waals surface area contributed by atoms with Gasteiger partial charge in [0.05, 0.1) is 13.2 Å². The van der Waals surface area contributed by atoms with Crippen molar-refractivity contribution < 1.29 is 13.6 Å². The second-order valence-corrected chi connectivity index (χ2v) is 12.7. The minimum absolute atomic E-state index is 0.0172. The van der Waals surface area contributed by atoms with Crippen LogP contribution in [0, 0.1) is 11.3 Å². The van der Waals surface area contributed by atoms with Gasteiger partial charge in [0.1, 0.15) is 28.6 Å². The summed E-state index contributed by atoms with van der Waals surface area (Å²) in [6, 6.07) is 7.43. The van der Waals surface area contributed by atoms with Crippen LogP contribution < -0.4 is 14.8 Å². The van der Waals surface area contributed by atoms with Gasteiger partial charge in [0.25, 0.3) is 8.32 Å². The number of rotatable bonds is 5. The van der Waals surface area contributed by atoms with Crippen molar-refractivity contribution >= 4 is 19.1 Å². The van der Waals surface area contributed by atoms with Gasteiger partial charge in [-0.1, -0.05) is 27.7 Å². The number of nitriles is 1. The van der Waals surface area contributed by atoms with Crippen molar-refractivity contribution in [1.29, 1.82) is 5.26 Å². The number of ether oxygens (including phenoxy) is 1. The molecule has 0 fully saturated rings. The number of fused-ring (bicyclic) bond motifs is 1. The Balaban J connectivity index is 2.72. The van der Waals surface area contributed by atoms with Crippen LogP contribution in [0.25, 0.3) is 10.8 Å². The highest BCUT2D eigenvalue weighted by molar-refractivity contribution is 6.74. The molecule has 0 bridgehead atoms. The van der Waals surface area contributed by atoms with Crippen LogP contribution in [0.4, 0.5) is 0 Å². The monoisotopic (exact) mass is 373 g/mol. The standard InChI is InChI=1S/C20H27NO4Si/c1-8-13(12-21)16-10-14-9-15(23-5)11-17(18(14)19(22)24-16)25-26(6,7)20(2,3)4/h9-11,13H,8H2,1-7H3. The lowest BCUT2D eigenvalue weighted by Gasteiger charge is -2.36. The van der Waals surface area contributed by atoms with Crippen LogP contribution in [-0.2, 0) is 0 Å². The van der Waals surface area contributed by atoms with E-state index < -0.39 is 19.9 Å². The molecule has 1 aromatic carbocycles. The van der Waals surface area contributed by atoms with Gasteiger partial charge in [-0.15, -0.1) is 0 Å². The maximum absolute atomic E-state index is 12.7. The van der Waals surface area contributed by atoms with Gasteiger partial charge >= 0.3 is 5.63 Å². The average Bonchev–Trinajstić information content (AvgIpc) is 2.53. The lowest BCUT2D eigenvalue weighted by Crippen LogP contribution is -2.44. The third-order valence-electron chi connectivity index (χ3n) is 5.13. The number of nitrogens with zero attached hydrogens (tertiary/aromatic N) is 1. The number of hydrogen-bond acceptors (Lipinski definition) is 5. The molecule has 1 heterocycles. The normalized spacial score (nSPS) is 13.3. The predicted octanol–water partition coefficient (Wildman–Crippen LogP) is 5.20. The smallest absolute Gasteiger partial charge is 0.347 e. The molecule has 0 radical (unpaired) electrons. The van der Waals surface area contributed by atoms with Crippen molar-refractivity contribution in [3.05, 3.63) is 34.4 Å². The van der Waals surface area contributed by atoms with E-state index >= 15 is 0 Å². The molecule has 0 N–H and O–H groups in total. The number of hydrogen-bond donors (Lipinski definition) is 0. The fourth-order valence-electron chi connectivity index (χ4n) is 2.44. The van der Waals surface area contributed by atoms with Crippen LogP contribution in [0.5, 0.6) is 11.5 Å². The predicted molar refractivity (Wildman–Crippen MR) is 106 cm³/mol. The summed E-state index contributed by atoms with van der Waals surface area (Å²) in [7, 11) is -0.582. The minimum Gasteiger partial charge on any atom is -0.543 e. The summed E-state index contributed by atoms with van der Waals surface area (Å²) in [6.07, 6.45) is 0.572. The van der Waals surface area contributed by atoms with Crippen molar-refractivity contribution in [2.45, 2.75) is 58.2 Å². The average molecular weight is 374 g/mol. The SMILES string of the molecule is CCC(C#N)c1cc2cc(OC)cc(O[Si](C)(C)C(C)(C)C)c2c(=O)o1. The van der Waals surface area contributed by atoms with Crippen molar-refractivity contribution in [3.8, 4) is 17.6 Å². The van der Waals surface area contributed by atoms with E-state index in [9.17, 15) is 10.1 Å². The molecule has 26 heavy (non-hydrogen) atoms. The van der Waals surface area contributed by atoms with Gasteiger partial charge in [-0.25, -0.2) is 4.79 Å². The molecule has 0 saturated heterocycles. The van der Waals surface area contributed by atoms with Crippen molar-refractivity contribution in [3.63, 3.8) is 0 Å². The first-order valence-electron chi connectivity index (χ1n) is 8.78. The Kier molecular flexibility index (Phi) is 5.52. The lowest BCUT2D eigenvalue weighted by atomic mass is 10.0. The van der Waals surface area contributed by atoms with E-state index in [1.807, 2.05) is 6.92 Å². The number of benzene rings is 1. The fraction of sp³-hybridized carbons (Fsp3) is 0.500. The summed E-state index contributed by atoms with van der Waals surface area (Å²) in [4.78, 5) is 12.7. The van der Waals surface area contributed by atoms with E-state index in [1.54, 1.807) is 25.3 Å². The van der Waals surface area contributed by atoms with Crippen molar-refractivity contribution in [1.82, 2.24) is 0 Å². The fourth-order valence-corrected chi connectivity index (χ4v) is 3.45. The Labute approximate surface area is 155 Å². The van der Waals surface area contributed by atoms with Gasteiger partial charge in [-0.3, -0.25) is 0 Å². The molecule has 0 spiro atoms. The Morgan fingerprint density at radius 1 is 1.27 bits per heavy atom. The second kappa shape index (κ2) is 7.16. The molecule has 2 aromatic rings. The van der Waals surface area contributed by atoms with E-state index in [1.165, 1.54) is 0 Å². The van der Waals surface area contributed by atoms with Gasteiger partial charge in [-0.05, 0) is 42.1 Å². The molecular formula is C20H27NO4Si. The first-order valence-corrected chi connectivity index (χ1v) is 11.7. The van der Waals surface area contributed by atoms with Gasteiger partial charge in [0, 0.05) is 6.07 Å². The van der Waals surface area contributed by atoms with E-state index in [0.717, 1.165) is 0 Å². The highest BCUT2D eigenvalue weighted by atomic mass is 28.4. The lowest BCUT2D eigenvalue weighted by molar-refractivity contribution is 0.410. The quantitative estimate of drug-likeness (QED) is 0.673. The topological polar surface area (TPSA) is 72.5 Å². The van der Waals surface area contributed by atoms with E-state index in [2.05, 4.69) is 39.9 Å². The zero-order chi connectivity index (χ0) is 19.7. The van der Waals surface area contributed by atoms with Crippen LogP contribution in [0.3, 0.4) is 0 Å². The largest absolute Gasteiger partial charge is 0.543 e. The molecule has 6 heteroatoms. The van der Waals surface area contributed by atoms with Crippen molar-refractivity contribution in [2.24, 2.45) is 0 Å². The summed E-state index contributed by atoms with van der Waals surface area (Å²) >= 11 is 0. The molecule has 1 aromatic heterocycles. The van der Waals surface area contributed by atoms with Crippen LogP contribution >= 0.6 is 0 Å².